The number of carbonyl (C=O) groups is 2. The molecule has 0 radical (unpaired) electrons. The molecule has 0 bridgehead atoms. The highest BCUT2D eigenvalue weighted by Gasteiger charge is 2.41. The van der Waals surface area contributed by atoms with E-state index in [0.717, 1.165) is 30.4 Å². The van der Waals surface area contributed by atoms with Crippen LogP contribution in [0.3, 0.4) is 0 Å². The van der Waals surface area contributed by atoms with Gasteiger partial charge in [-0.05, 0) is 54.7 Å². The minimum absolute atomic E-state index is 0.0197. The maximum absolute atomic E-state index is 13.7. The van der Waals surface area contributed by atoms with Crippen LogP contribution in [0.15, 0.2) is 42.5 Å². The van der Waals surface area contributed by atoms with Gasteiger partial charge in [0.2, 0.25) is 5.91 Å². The summed E-state index contributed by atoms with van der Waals surface area (Å²) in [7, 11) is 2.60. The van der Waals surface area contributed by atoms with Crippen molar-refractivity contribution in [3.05, 3.63) is 65.0 Å². The molecule has 6 nitrogen and oxygen atoms in total. The molecule has 2 unspecified atom stereocenters. The van der Waals surface area contributed by atoms with Crippen LogP contribution in [0.4, 0.5) is 41.2 Å². The smallest absolute Gasteiger partial charge is 0.343 e. The highest BCUT2D eigenvalue weighted by molar-refractivity contribution is 5.92. The Morgan fingerprint density at radius 1 is 0.881 bits per heavy atom. The van der Waals surface area contributed by atoms with Crippen molar-refractivity contribution in [1.29, 1.82) is 0 Å². The van der Waals surface area contributed by atoms with Gasteiger partial charge in [0.15, 0.2) is 0 Å². The lowest BCUT2D eigenvalue weighted by Gasteiger charge is -2.34. The second-order valence-electron chi connectivity index (χ2n) is 11.1. The van der Waals surface area contributed by atoms with Crippen molar-refractivity contribution in [1.82, 2.24) is 14.7 Å². The van der Waals surface area contributed by atoms with Crippen LogP contribution in [0.25, 0.3) is 0 Å². The molecule has 42 heavy (non-hydrogen) atoms. The highest BCUT2D eigenvalue weighted by atomic mass is 19.4. The van der Waals surface area contributed by atoms with Crippen LogP contribution >= 0.6 is 0 Å². The van der Waals surface area contributed by atoms with Gasteiger partial charge in [0.1, 0.15) is 5.82 Å². The van der Waals surface area contributed by atoms with Gasteiger partial charge in [0.25, 0.3) is 0 Å². The van der Waals surface area contributed by atoms with E-state index < -0.39 is 47.1 Å². The number of likely N-dealkylation sites (tertiary alicyclic amines) is 2. The number of hydrogen-bond acceptors (Lipinski definition) is 3. The Bertz CT molecular complexity index is 1240. The molecule has 4 rings (SSSR count). The molecular formula is C29H33F7N4O2. The number of rotatable bonds is 5. The third kappa shape index (κ3) is 7.16. The first-order chi connectivity index (χ1) is 19.5. The Kier molecular flexibility index (Phi) is 9.10. The Balaban J connectivity index is 1.57. The molecule has 2 aromatic rings. The van der Waals surface area contributed by atoms with Gasteiger partial charge in [-0.1, -0.05) is 12.1 Å². The lowest BCUT2D eigenvalue weighted by Crippen LogP contribution is -2.47. The fourth-order valence-electron chi connectivity index (χ4n) is 5.86. The molecule has 2 fully saturated rings. The number of anilines is 1. The van der Waals surface area contributed by atoms with Crippen molar-refractivity contribution in [2.24, 2.45) is 5.92 Å². The molecular weight excluding hydrogens is 569 g/mol. The van der Waals surface area contributed by atoms with Crippen LogP contribution in [0, 0.1) is 11.7 Å². The summed E-state index contributed by atoms with van der Waals surface area (Å²) in [6.07, 6.45) is -8.47. The van der Waals surface area contributed by atoms with Gasteiger partial charge in [0, 0.05) is 65.3 Å². The van der Waals surface area contributed by atoms with Crippen molar-refractivity contribution in [2.45, 2.75) is 44.1 Å². The van der Waals surface area contributed by atoms with Crippen molar-refractivity contribution in [3.63, 3.8) is 0 Å². The first-order valence-corrected chi connectivity index (χ1v) is 13.6. The molecule has 0 saturated carbocycles. The molecule has 2 saturated heterocycles. The summed E-state index contributed by atoms with van der Waals surface area (Å²) in [5.41, 5.74) is -2.81. The van der Waals surface area contributed by atoms with Crippen LogP contribution < -0.4 is 4.90 Å². The zero-order chi connectivity index (χ0) is 31.0. The average Bonchev–Trinajstić information content (AvgIpc) is 3.34. The standard InChI is InChI=1S/C29H33F7N4O2/c1-18(41)40-10-8-19(9-11-40)15-39-16-25(20-4-6-23(30)7-5-20)26(17-39)38(3)27(42)37(2)24-13-21(28(31,32)33)12-22(14-24)29(34,35)36/h4-7,12-14,19,25-26H,8-11,15-17H2,1-3H3. The molecule has 2 aliphatic rings. The number of amides is 3. The third-order valence-electron chi connectivity index (χ3n) is 8.28. The SMILES string of the molecule is CC(=O)N1CCC(CN2CC(c3ccc(F)cc3)C(N(C)C(=O)N(C)c3cc(C(F)(F)F)cc(C(F)(F)F)c3)C2)CC1. The number of benzene rings is 2. The number of hydrogen-bond donors (Lipinski definition) is 0. The van der Waals surface area contributed by atoms with Gasteiger partial charge < -0.3 is 14.7 Å². The van der Waals surface area contributed by atoms with Crippen LogP contribution in [0.1, 0.15) is 42.4 Å². The van der Waals surface area contributed by atoms with Gasteiger partial charge in [0.05, 0.1) is 17.2 Å². The Morgan fingerprint density at radius 3 is 1.93 bits per heavy atom. The quantitative estimate of drug-likeness (QED) is 0.390. The van der Waals surface area contributed by atoms with Gasteiger partial charge in [-0.15, -0.1) is 0 Å². The number of halogens is 7. The summed E-state index contributed by atoms with van der Waals surface area (Å²) >= 11 is 0. The van der Waals surface area contributed by atoms with Crippen LogP contribution in [-0.4, -0.2) is 79.5 Å². The van der Waals surface area contributed by atoms with Gasteiger partial charge >= 0.3 is 18.4 Å². The van der Waals surface area contributed by atoms with E-state index in [1.807, 2.05) is 0 Å². The molecule has 13 heteroatoms. The lowest BCUT2D eigenvalue weighted by molar-refractivity contribution is -0.143. The highest BCUT2D eigenvalue weighted by Crippen LogP contribution is 2.39. The van der Waals surface area contributed by atoms with Gasteiger partial charge in [-0.25, -0.2) is 9.18 Å². The van der Waals surface area contributed by atoms with Crippen LogP contribution in [0.2, 0.25) is 0 Å². The minimum Gasteiger partial charge on any atom is -0.343 e. The number of urea groups is 1. The summed E-state index contributed by atoms with van der Waals surface area (Å²) in [6, 6.07) is 5.64. The summed E-state index contributed by atoms with van der Waals surface area (Å²) in [5, 5.41) is 0. The molecule has 2 atom stereocenters. The Hall–Kier alpha value is -3.35. The fraction of sp³-hybridized carbons (Fsp3) is 0.517. The van der Waals surface area contributed by atoms with Crippen LogP contribution in [0.5, 0.6) is 0 Å². The average molecular weight is 603 g/mol. The fourth-order valence-corrected chi connectivity index (χ4v) is 5.86. The van der Waals surface area contributed by atoms with E-state index in [0.29, 0.717) is 50.8 Å². The molecule has 2 aliphatic heterocycles. The summed E-state index contributed by atoms with van der Waals surface area (Å²) in [6.45, 7) is 4.46. The minimum atomic E-state index is -5.05. The molecule has 2 heterocycles. The van der Waals surface area contributed by atoms with E-state index in [4.69, 9.17) is 0 Å². The Labute approximate surface area is 239 Å². The number of piperidine rings is 1. The third-order valence-corrected chi connectivity index (χ3v) is 8.28. The summed E-state index contributed by atoms with van der Waals surface area (Å²) in [4.78, 5) is 31.3. The van der Waals surface area contributed by atoms with E-state index in [9.17, 15) is 40.3 Å². The number of carbonyl (C=O) groups excluding carboxylic acids is 2. The normalized spacial score (nSPS) is 20.6. The molecule has 0 aliphatic carbocycles. The van der Waals surface area contributed by atoms with Crippen LogP contribution in [-0.2, 0) is 17.1 Å². The molecule has 0 N–H and O–H groups in total. The van der Waals surface area contributed by atoms with E-state index in [1.165, 1.54) is 31.0 Å². The van der Waals surface area contributed by atoms with E-state index in [2.05, 4.69) is 4.90 Å². The molecule has 0 spiro atoms. The predicted octanol–water partition coefficient (Wildman–Crippen LogP) is 6.08. The maximum Gasteiger partial charge on any atom is 0.416 e. The maximum atomic E-state index is 13.7. The first-order valence-electron chi connectivity index (χ1n) is 13.6. The van der Waals surface area contributed by atoms with E-state index in [-0.39, 0.29) is 17.9 Å². The van der Waals surface area contributed by atoms with E-state index in [1.54, 1.807) is 17.0 Å². The van der Waals surface area contributed by atoms with E-state index >= 15 is 0 Å². The second-order valence-corrected chi connectivity index (χ2v) is 11.1. The molecule has 0 aromatic heterocycles. The number of nitrogens with zero attached hydrogens (tertiary/aromatic N) is 4. The van der Waals surface area contributed by atoms with Crippen molar-refractivity contribution < 1.29 is 40.3 Å². The largest absolute Gasteiger partial charge is 0.416 e. The predicted molar refractivity (Wildman–Crippen MR) is 142 cm³/mol. The Morgan fingerprint density at radius 2 is 1.43 bits per heavy atom. The van der Waals surface area contributed by atoms with Crippen molar-refractivity contribution in [2.75, 3.05) is 51.7 Å². The number of alkyl halides is 6. The molecule has 3 amide bonds. The zero-order valence-electron chi connectivity index (χ0n) is 23.5. The zero-order valence-corrected chi connectivity index (χ0v) is 23.5. The monoisotopic (exact) mass is 602 g/mol. The molecule has 230 valence electrons. The number of likely N-dealkylation sites (N-methyl/N-ethyl adjacent to an activating group) is 1. The van der Waals surface area contributed by atoms with Crippen molar-refractivity contribution in [3.8, 4) is 0 Å². The van der Waals surface area contributed by atoms with Crippen molar-refractivity contribution >= 4 is 17.6 Å². The first kappa shape index (κ1) is 31.6. The van der Waals surface area contributed by atoms with Gasteiger partial charge in [-0.3, -0.25) is 9.69 Å². The second kappa shape index (κ2) is 12.1. The lowest BCUT2D eigenvalue weighted by atomic mass is 9.93. The topological polar surface area (TPSA) is 47.1 Å². The van der Waals surface area contributed by atoms with Gasteiger partial charge in [-0.2, -0.15) is 26.3 Å². The summed E-state index contributed by atoms with van der Waals surface area (Å²) < 4.78 is 94.3. The molecule has 2 aromatic carbocycles. The summed E-state index contributed by atoms with van der Waals surface area (Å²) in [5.74, 6) is -0.379.